The first-order valence-corrected chi connectivity index (χ1v) is 9.19. The van der Waals surface area contributed by atoms with Gasteiger partial charge >= 0.3 is 0 Å². The molecule has 1 aromatic heterocycles. The summed E-state index contributed by atoms with van der Waals surface area (Å²) in [5.41, 5.74) is 1.44. The van der Waals surface area contributed by atoms with Crippen molar-refractivity contribution >= 4 is 16.9 Å². The van der Waals surface area contributed by atoms with Crippen molar-refractivity contribution < 1.29 is 13.9 Å². The lowest BCUT2D eigenvalue weighted by Crippen LogP contribution is -2.34. The standard InChI is InChI=1S/C19H24FN3O2/c20-14-3-4-15-16(13-14)22-17(21-15)5-6-18(24)23-10-1-7-19(9-11-23)8-2-12-25-19/h3-4,13H,1-2,5-12H2,(H,21,22). The second-order valence-electron chi connectivity index (χ2n) is 7.21. The smallest absolute Gasteiger partial charge is 0.223 e. The third-order valence-corrected chi connectivity index (χ3v) is 5.50. The van der Waals surface area contributed by atoms with Gasteiger partial charge in [0.25, 0.3) is 0 Å². The molecule has 4 rings (SSSR count). The van der Waals surface area contributed by atoms with Gasteiger partial charge in [0.05, 0.1) is 16.6 Å². The molecule has 0 saturated carbocycles. The number of carbonyl (C=O) groups is 1. The Morgan fingerprint density at radius 2 is 2.16 bits per heavy atom. The molecule has 2 aliphatic rings. The molecular weight excluding hydrogens is 321 g/mol. The third kappa shape index (κ3) is 3.54. The van der Waals surface area contributed by atoms with Gasteiger partial charge < -0.3 is 14.6 Å². The number of imidazole rings is 1. The summed E-state index contributed by atoms with van der Waals surface area (Å²) in [6.45, 7) is 2.46. The number of aromatic nitrogens is 2. The number of nitrogens with zero attached hydrogens (tertiary/aromatic N) is 2. The predicted molar refractivity (Wildman–Crippen MR) is 92.7 cm³/mol. The number of likely N-dealkylation sites (tertiary alicyclic amines) is 1. The maximum atomic E-state index is 13.2. The largest absolute Gasteiger partial charge is 0.375 e. The fraction of sp³-hybridized carbons (Fsp3) is 0.579. The number of hydrogen-bond acceptors (Lipinski definition) is 3. The Hall–Kier alpha value is -1.95. The Bertz CT molecular complexity index is 767. The SMILES string of the molecule is O=C(CCc1nc2ccc(F)cc2[nH]1)N1CCCC2(CCCO2)CC1. The first kappa shape index (κ1) is 16.5. The Labute approximate surface area is 146 Å². The van der Waals surface area contributed by atoms with Crippen LogP contribution in [-0.4, -0.2) is 46.1 Å². The molecule has 25 heavy (non-hydrogen) atoms. The first-order chi connectivity index (χ1) is 12.1. The Kier molecular flexibility index (Phi) is 4.46. The van der Waals surface area contributed by atoms with Crippen LogP contribution < -0.4 is 0 Å². The Morgan fingerprint density at radius 3 is 3.00 bits per heavy atom. The van der Waals surface area contributed by atoms with Crippen molar-refractivity contribution in [2.45, 2.75) is 50.5 Å². The van der Waals surface area contributed by atoms with E-state index >= 15 is 0 Å². The van der Waals surface area contributed by atoms with Gasteiger partial charge in [0.15, 0.2) is 0 Å². The van der Waals surface area contributed by atoms with Crippen LogP contribution in [0.25, 0.3) is 11.0 Å². The third-order valence-electron chi connectivity index (χ3n) is 5.50. The molecule has 5 nitrogen and oxygen atoms in total. The molecular formula is C19H24FN3O2. The fourth-order valence-electron chi connectivity index (χ4n) is 4.10. The summed E-state index contributed by atoms with van der Waals surface area (Å²) in [6.07, 6.45) is 6.26. The van der Waals surface area contributed by atoms with Gasteiger partial charge in [0, 0.05) is 32.5 Å². The molecule has 2 fully saturated rings. The van der Waals surface area contributed by atoms with E-state index in [2.05, 4.69) is 9.97 Å². The number of hydrogen-bond donors (Lipinski definition) is 1. The lowest BCUT2D eigenvalue weighted by molar-refractivity contribution is -0.131. The van der Waals surface area contributed by atoms with Crippen molar-refractivity contribution in [3.63, 3.8) is 0 Å². The molecule has 1 spiro atoms. The number of nitrogens with one attached hydrogen (secondary N) is 1. The van der Waals surface area contributed by atoms with Crippen molar-refractivity contribution in [3.05, 3.63) is 29.8 Å². The quantitative estimate of drug-likeness (QED) is 0.929. The predicted octanol–water partition coefficient (Wildman–Crippen LogP) is 3.20. The molecule has 0 bridgehead atoms. The minimum Gasteiger partial charge on any atom is -0.375 e. The highest BCUT2D eigenvalue weighted by molar-refractivity contribution is 5.77. The van der Waals surface area contributed by atoms with Crippen LogP contribution in [0.2, 0.25) is 0 Å². The van der Waals surface area contributed by atoms with Crippen molar-refractivity contribution in [2.75, 3.05) is 19.7 Å². The van der Waals surface area contributed by atoms with Crippen molar-refractivity contribution in [1.82, 2.24) is 14.9 Å². The van der Waals surface area contributed by atoms with E-state index in [0.717, 1.165) is 63.1 Å². The maximum absolute atomic E-state index is 13.2. The monoisotopic (exact) mass is 345 g/mol. The van der Waals surface area contributed by atoms with Gasteiger partial charge in [-0.05, 0) is 50.3 Å². The normalized spacial score (nSPS) is 24.1. The van der Waals surface area contributed by atoms with Crippen LogP contribution in [0.3, 0.4) is 0 Å². The molecule has 1 unspecified atom stereocenters. The second kappa shape index (κ2) is 6.75. The minimum absolute atomic E-state index is 0.0256. The number of ether oxygens (including phenoxy) is 1. The number of halogens is 1. The molecule has 1 amide bonds. The molecule has 0 aliphatic carbocycles. The average molecular weight is 345 g/mol. The number of aromatic amines is 1. The molecule has 134 valence electrons. The number of H-pyrrole nitrogens is 1. The minimum atomic E-state index is -0.286. The summed E-state index contributed by atoms with van der Waals surface area (Å²) >= 11 is 0. The van der Waals surface area contributed by atoms with E-state index < -0.39 is 0 Å². The van der Waals surface area contributed by atoms with E-state index in [1.807, 2.05) is 4.90 Å². The number of aryl methyl sites for hydroxylation is 1. The molecule has 0 radical (unpaired) electrons. The maximum Gasteiger partial charge on any atom is 0.223 e. The molecule has 1 N–H and O–H groups in total. The molecule has 6 heteroatoms. The van der Waals surface area contributed by atoms with Gasteiger partial charge in [-0.3, -0.25) is 4.79 Å². The molecule has 3 heterocycles. The summed E-state index contributed by atoms with van der Waals surface area (Å²) in [4.78, 5) is 22.1. The van der Waals surface area contributed by atoms with Crippen molar-refractivity contribution in [3.8, 4) is 0 Å². The average Bonchev–Trinajstić information content (AvgIpc) is 3.16. The first-order valence-electron chi connectivity index (χ1n) is 9.19. The van der Waals surface area contributed by atoms with Crippen molar-refractivity contribution in [2.24, 2.45) is 0 Å². The molecule has 2 aromatic rings. The second-order valence-corrected chi connectivity index (χ2v) is 7.21. The van der Waals surface area contributed by atoms with Gasteiger partial charge in [-0.25, -0.2) is 9.37 Å². The fourth-order valence-corrected chi connectivity index (χ4v) is 4.10. The Morgan fingerprint density at radius 1 is 1.28 bits per heavy atom. The van der Waals surface area contributed by atoms with Crippen LogP contribution in [0.4, 0.5) is 4.39 Å². The Balaban J connectivity index is 1.35. The molecule has 1 atom stereocenters. The zero-order valence-electron chi connectivity index (χ0n) is 14.4. The topological polar surface area (TPSA) is 58.2 Å². The molecule has 2 saturated heterocycles. The highest BCUT2D eigenvalue weighted by Crippen LogP contribution is 2.35. The van der Waals surface area contributed by atoms with E-state index in [1.165, 1.54) is 12.1 Å². The van der Waals surface area contributed by atoms with E-state index in [4.69, 9.17) is 4.74 Å². The number of rotatable bonds is 3. The van der Waals surface area contributed by atoms with Gasteiger partial charge in [-0.1, -0.05) is 0 Å². The van der Waals surface area contributed by atoms with Gasteiger partial charge in [0.1, 0.15) is 11.6 Å². The van der Waals surface area contributed by atoms with E-state index in [1.54, 1.807) is 6.07 Å². The van der Waals surface area contributed by atoms with Crippen LogP contribution in [0.15, 0.2) is 18.2 Å². The summed E-state index contributed by atoms with van der Waals surface area (Å²) in [5.74, 6) is 0.618. The molecule has 2 aliphatic heterocycles. The molecule has 1 aromatic carbocycles. The van der Waals surface area contributed by atoms with E-state index in [0.29, 0.717) is 18.4 Å². The highest BCUT2D eigenvalue weighted by atomic mass is 19.1. The summed E-state index contributed by atoms with van der Waals surface area (Å²) in [6, 6.07) is 4.49. The number of fused-ring (bicyclic) bond motifs is 1. The van der Waals surface area contributed by atoms with Crippen LogP contribution in [-0.2, 0) is 16.0 Å². The zero-order chi connectivity index (χ0) is 17.3. The van der Waals surface area contributed by atoms with E-state index in [-0.39, 0.29) is 17.3 Å². The van der Waals surface area contributed by atoms with Crippen LogP contribution in [0.1, 0.15) is 44.3 Å². The summed E-state index contributed by atoms with van der Waals surface area (Å²) in [5, 5.41) is 0. The summed E-state index contributed by atoms with van der Waals surface area (Å²) in [7, 11) is 0. The van der Waals surface area contributed by atoms with Gasteiger partial charge in [-0.2, -0.15) is 0 Å². The number of carbonyl (C=O) groups excluding carboxylic acids is 1. The summed E-state index contributed by atoms with van der Waals surface area (Å²) < 4.78 is 19.2. The van der Waals surface area contributed by atoms with Crippen LogP contribution in [0, 0.1) is 5.82 Å². The highest BCUT2D eigenvalue weighted by Gasteiger charge is 2.37. The number of amides is 1. The van der Waals surface area contributed by atoms with Gasteiger partial charge in [0.2, 0.25) is 5.91 Å². The zero-order valence-corrected chi connectivity index (χ0v) is 14.4. The van der Waals surface area contributed by atoms with Gasteiger partial charge in [-0.15, -0.1) is 0 Å². The van der Waals surface area contributed by atoms with E-state index in [9.17, 15) is 9.18 Å². The lowest BCUT2D eigenvalue weighted by atomic mass is 9.92. The van der Waals surface area contributed by atoms with Crippen LogP contribution in [0.5, 0.6) is 0 Å². The lowest BCUT2D eigenvalue weighted by Gasteiger charge is -2.26. The van der Waals surface area contributed by atoms with Crippen LogP contribution >= 0.6 is 0 Å². The number of benzene rings is 1. The van der Waals surface area contributed by atoms with Crippen molar-refractivity contribution in [1.29, 1.82) is 0 Å².